The zero-order valence-electron chi connectivity index (χ0n) is 5.63. The SMILES string of the molecule is S=P(Cl)(OCCCl)OCCCl. The van der Waals surface area contributed by atoms with E-state index >= 15 is 0 Å². The van der Waals surface area contributed by atoms with Crippen LogP contribution in [0.2, 0.25) is 0 Å². The predicted molar refractivity (Wildman–Crippen MR) is 53.5 cm³/mol. The van der Waals surface area contributed by atoms with Crippen molar-refractivity contribution in [1.82, 2.24) is 0 Å². The Balaban J connectivity index is 3.53. The molecule has 7 heteroatoms. The van der Waals surface area contributed by atoms with Gasteiger partial charge >= 0.3 is 0 Å². The summed E-state index contributed by atoms with van der Waals surface area (Å²) in [5, 5.41) is 0. The topological polar surface area (TPSA) is 18.5 Å². The highest BCUT2D eigenvalue weighted by atomic mass is 35.7. The van der Waals surface area contributed by atoms with Crippen LogP contribution in [0.3, 0.4) is 0 Å². The lowest BCUT2D eigenvalue weighted by atomic mass is 10.9. The Morgan fingerprint density at radius 3 is 1.73 bits per heavy atom. The molecule has 0 unspecified atom stereocenters. The zero-order valence-corrected chi connectivity index (χ0v) is 9.61. The van der Waals surface area contributed by atoms with Crippen LogP contribution in [-0.4, -0.2) is 25.0 Å². The van der Waals surface area contributed by atoms with Crippen LogP contribution in [0.4, 0.5) is 0 Å². The summed E-state index contributed by atoms with van der Waals surface area (Å²) in [7, 11) is 0. The molecule has 2 nitrogen and oxygen atoms in total. The average molecular weight is 258 g/mol. The maximum atomic E-state index is 5.66. The highest BCUT2D eigenvalue weighted by Crippen LogP contribution is 2.53. The monoisotopic (exact) mass is 256 g/mol. The summed E-state index contributed by atoms with van der Waals surface area (Å²) in [6.45, 7) is 0.620. The van der Waals surface area contributed by atoms with Crippen molar-refractivity contribution in [3.63, 3.8) is 0 Å². The Morgan fingerprint density at radius 2 is 1.45 bits per heavy atom. The van der Waals surface area contributed by atoms with Crippen molar-refractivity contribution in [1.29, 1.82) is 0 Å². The quantitative estimate of drug-likeness (QED) is 0.538. The van der Waals surface area contributed by atoms with E-state index in [1.807, 2.05) is 0 Å². The average Bonchev–Trinajstić information content (AvgIpc) is 1.97. The largest absolute Gasteiger partial charge is 0.317 e. The third-order valence-corrected chi connectivity index (χ3v) is 3.15. The van der Waals surface area contributed by atoms with Gasteiger partial charge < -0.3 is 9.05 Å². The normalized spacial score (nSPS) is 11.9. The molecule has 0 aromatic carbocycles. The lowest BCUT2D eigenvalue weighted by molar-refractivity contribution is 0.282. The van der Waals surface area contributed by atoms with E-state index < -0.39 is 5.84 Å². The van der Waals surface area contributed by atoms with Crippen molar-refractivity contribution in [3.8, 4) is 0 Å². The van der Waals surface area contributed by atoms with Gasteiger partial charge in [0.1, 0.15) is 0 Å². The molecule has 0 bridgehead atoms. The van der Waals surface area contributed by atoms with Crippen molar-refractivity contribution >= 4 is 52.1 Å². The number of hydrogen-bond donors (Lipinski definition) is 0. The lowest BCUT2D eigenvalue weighted by Crippen LogP contribution is -1.96. The lowest BCUT2D eigenvalue weighted by Gasteiger charge is -2.12. The molecule has 0 heterocycles. The van der Waals surface area contributed by atoms with E-state index in [0.717, 1.165) is 0 Å². The second-order valence-electron chi connectivity index (χ2n) is 1.48. The van der Waals surface area contributed by atoms with Gasteiger partial charge in [0, 0.05) is 11.8 Å². The molecule has 0 N–H and O–H groups in total. The van der Waals surface area contributed by atoms with E-state index in [1.54, 1.807) is 0 Å². The van der Waals surface area contributed by atoms with Gasteiger partial charge in [0.2, 0.25) is 0 Å². The van der Waals surface area contributed by atoms with E-state index in [0.29, 0.717) is 25.0 Å². The molecule has 68 valence electrons. The second-order valence-corrected chi connectivity index (χ2v) is 6.99. The van der Waals surface area contributed by atoms with Crippen LogP contribution in [0, 0.1) is 0 Å². The van der Waals surface area contributed by atoms with E-state index in [4.69, 9.17) is 55.3 Å². The number of halogens is 3. The van der Waals surface area contributed by atoms with Crippen LogP contribution in [0.25, 0.3) is 0 Å². The summed E-state index contributed by atoms with van der Waals surface area (Å²) in [5.74, 6) is -1.88. The molecule has 0 saturated heterocycles. The summed E-state index contributed by atoms with van der Waals surface area (Å²) in [5.41, 5.74) is 0. The summed E-state index contributed by atoms with van der Waals surface area (Å²) in [6, 6.07) is 0. The van der Waals surface area contributed by atoms with Crippen LogP contribution >= 0.6 is 40.3 Å². The van der Waals surface area contributed by atoms with E-state index in [1.165, 1.54) is 0 Å². The number of alkyl halides is 2. The maximum absolute atomic E-state index is 5.66. The van der Waals surface area contributed by atoms with Crippen LogP contribution in [0.15, 0.2) is 0 Å². The van der Waals surface area contributed by atoms with Gasteiger partial charge in [0.25, 0.3) is 5.84 Å². The molecule has 0 saturated carbocycles. The Morgan fingerprint density at radius 1 is 1.09 bits per heavy atom. The van der Waals surface area contributed by atoms with Crippen molar-refractivity contribution < 1.29 is 9.05 Å². The first-order chi connectivity index (χ1) is 5.12. The van der Waals surface area contributed by atoms with E-state index in [2.05, 4.69) is 0 Å². The first kappa shape index (κ1) is 12.4. The fourth-order valence-corrected chi connectivity index (χ4v) is 2.25. The molecule has 0 aromatic heterocycles. The molecule has 0 radical (unpaired) electrons. The molecule has 0 aliphatic rings. The van der Waals surface area contributed by atoms with E-state index in [9.17, 15) is 0 Å². The molecule has 0 amide bonds. The molecule has 0 fully saturated rings. The Kier molecular flexibility index (Phi) is 7.81. The molecule has 0 rings (SSSR count). The van der Waals surface area contributed by atoms with Crippen molar-refractivity contribution in [2.75, 3.05) is 25.0 Å². The summed E-state index contributed by atoms with van der Waals surface area (Å²) in [4.78, 5) is 0. The third kappa shape index (κ3) is 7.79. The maximum Gasteiger partial charge on any atom is 0.281 e. The fraction of sp³-hybridized carbons (Fsp3) is 1.00. The molecule has 0 aliphatic carbocycles. The van der Waals surface area contributed by atoms with Gasteiger partial charge in [-0.1, -0.05) is 0 Å². The first-order valence-electron chi connectivity index (χ1n) is 2.83. The van der Waals surface area contributed by atoms with Gasteiger partial charge in [-0.15, -0.1) is 23.2 Å². The summed E-state index contributed by atoms with van der Waals surface area (Å²) < 4.78 is 9.92. The molecule has 0 atom stereocenters. The fourth-order valence-electron chi connectivity index (χ4n) is 0.324. The van der Waals surface area contributed by atoms with Gasteiger partial charge in [-0.3, -0.25) is 0 Å². The van der Waals surface area contributed by atoms with Gasteiger partial charge in [-0.05, 0) is 23.0 Å². The smallest absolute Gasteiger partial charge is 0.281 e. The van der Waals surface area contributed by atoms with Crippen LogP contribution in [-0.2, 0) is 20.9 Å². The van der Waals surface area contributed by atoms with Gasteiger partial charge in [0.15, 0.2) is 0 Å². The molecule has 0 spiro atoms. The molecule has 0 aromatic rings. The number of hydrogen-bond acceptors (Lipinski definition) is 3. The first-order valence-corrected chi connectivity index (χ1v) is 7.44. The molecular formula is C4H8Cl3O2PS. The highest BCUT2D eigenvalue weighted by Gasteiger charge is 2.13. The third-order valence-electron chi connectivity index (χ3n) is 0.645. The van der Waals surface area contributed by atoms with Crippen LogP contribution < -0.4 is 0 Å². The van der Waals surface area contributed by atoms with Gasteiger partial charge in [-0.2, -0.15) is 0 Å². The van der Waals surface area contributed by atoms with Gasteiger partial charge in [-0.25, -0.2) is 0 Å². The Hall–Kier alpha value is 1.44. The number of rotatable bonds is 6. The summed E-state index contributed by atoms with van der Waals surface area (Å²) in [6.07, 6.45) is 0. The Bertz CT molecular complexity index is 133. The standard InChI is InChI=1S/C4H8Cl3O2PS/c5-1-3-8-10(7,11)9-4-2-6/h1-4H2. The predicted octanol–water partition coefficient (Wildman–Crippen LogP) is 2.96. The Labute approximate surface area is 86.1 Å². The van der Waals surface area contributed by atoms with Crippen molar-refractivity contribution in [3.05, 3.63) is 0 Å². The van der Waals surface area contributed by atoms with E-state index in [-0.39, 0.29) is 0 Å². The highest BCUT2D eigenvalue weighted by molar-refractivity contribution is 8.22. The van der Waals surface area contributed by atoms with Crippen LogP contribution in [0.1, 0.15) is 0 Å². The molecule has 0 aliphatic heterocycles. The van der Waals surface area contributed by atoms with Crippen LogP contribution in [0.5, 0.6) is 0 Å². The minimum absolute atomic E-state index is 0.310. The zero-order chi connectivity index (χ0) is 8.74. The van der Waals surface area contributed by atoms with Crippen molar-refractivity contribution in [2.45, 2.75) is 0 Å². The van der Waals surface area contributed by atoms with Crippen molar-refractivity contribution in [2.24, 2.45) is 0 Å². The van der Waals surface area contributed by atoms with Gasteiger partial charge in [0.05, 0.1) is 13.2 Å². The molecular weight excluding hydrogens is 249 g/mol. The second kappa shape index (κ2) is 6.90. The summed E-state index contributed by atoms with van der Waals surface area (Å²) >= 11 is 21.1. The molecule has 11 heavy (non-hydrogen) atoms. The minimum atomic E-state index is -2.59. The minimum Gasteiger partial charge on any atom is -0.317 e.